The van der Waals surface area contributed by atoms with Crippen molar-refractivity contribution in [1.82, 2.24) is 19.6 Å². The summed E-state index contributed by atoms with van der Waals surface area (Å²) in [5.74, 6) is 1.25. The zero-order valence-corrected chi connectivity index (χ0v) is 10.9. The molecule has 0 aliphatic rings. The third-order valence-corrected chi connectivity index (χ3v) is 2.54. The fraction of sp³-hybridized carbons (Fsp3) is 0.545. The second kappa shape index (κ2) is 4.41. The molecule has 0 saturated carbocycles. The number of aromatic nitrogens is 4. The van der Waals surface area contributed by atoms with Gasteiger partial charge in [-0.15, -0.1) is 0 Å². The lowest BCUT2D eigenvalue weighted by atomic mass is 10.1. The number of rotatable bonds is 4. The third-order valence-electron chi connectivity index (χ3n) is 2.54. The minimum absolute atomic E-state index is 0.247. The molecule has 2 aromatic heterocycles. The van der Waals surface area contributed by atoms with Gasteiger partial charge in [0.05, 0.1) is 12.1 Å². The van der Waals surface area contributed by atoms with E-state index in [-0.39, 0.29) is 11.2 Å². The molecule has 7 heteroatoms. The number of aryl methyl sites for hydroxylation is 1. The summed E-state index contributed by atoms with van der Waals surface area (Å²) in [7, 11) is 1.65. The Morgan fingerprint density at radius 1 is 1.56 bits per heavy atom. The molecule has 0 saturated heterocycles. The second-order valence-corrected chi connectivity index (χ2v) is 4.85. The lowest BCUT2D eigenvalue weighted by Crippen LogP contribution is -2.36. The largest absolute Gasteiger partial charge is 0.382 e. The normalized spacial score (nSPS) is 12.0. The molecule has 0 aliphatic carbocycles. The van der Waals surface area contributed by atoms with E-state index in [1.165, 1.54) is 4.40 Å². The summed E-state index contributed by atoms with van der Waals surface area (Å²) < 4.78 is 6.56. The van der Waals surface area contributed by atoms with Gasteiger partial charge in [0.15, 0.2) is 5.65 Å². The van der Waals surface area contributed by atoms with E-state index in [0.29, 0.717) is 23.9 Å². The van der Waals surface area contributed by atoms with E-state index < -0.39 is 0 Å². The topological polar surface area (TPSA) is 84.3 Å². The number of hydrogen-bond donors (Lipinski definition) is 2. The minimum atomic E-state index is -0.280. The Kier molecular flexibility index (Phi) is 3.08. The van der Waals surface area contributed by atoms with Gasteiger partial charge in [0.25, 0.3) is 0 Å². The van der Waals surface area contributed by atoms with Crippen LogP contribution in [0.2, 0.25) is 0 Å². The SMILES string of the molecule is COCC(C)(C)Nc1cc2n[nH]c(=O)n2c(C)n1. The van der Waals surface area contributed by atoms with Crippen molar-refractivity contribution >= 4 is 11.5 Å². The predicted octanol–water partition coefficient (Wildman–Crippen LogP) is 0.563. The van der Waals surface area contributed by atoms with E-state index in [1.54, 1.807) is 20.1 Å². The molecule has 18 heavy (non-hydrogen) atoms. The first-order chi connectivity index (χ1) is 8.43. The predicted molar refractivity (Wildman–Crippen MR) is 67.9 cm³/mol. The highest BCUT2D eigenvalue weighted by atomic mass is 16.5. The van der Waals surface area contributed by atoms with Crippen LogP contribution in [0.5, 0.6) is 0 Å². The van der Waals surface area contributed by atoms with E-state index in [2.05, 4.69) is 20.5 Å². The highest BCUT2D eigenvalue weighted by Gasteiger charge is 2.18. The van der Waals surface area contributed by atoms with Crippen LogP contribution < -0.4 is 11.0 Å². The molecular formula is C11H17N5O2. The first-order valence-electron chi connectivity index (χ1n) is 5.65. The van der Waals surface area contributed by atoms with Gasteiger partial charge in [-0.1, -0.05) is 0 Å². The Morgan fingerprint density at radius 3 is 2.94 bits per heavy atom. The lowest BCUT2D eigenvalue weighted by Gasteiger charge is -2.26. The van der Waals surface area contributed by atoms with Gasteiger partial charge < -0.3 is 10.1 Å². The molecule has 2 N–H and O–H groups in total. The summed E-state index contributed by atoms with van der Waals surface area (Å²) in [6.45, 7) is 6.33. The number of ether oxygens (including phenoxy) is 1. The van der Waals surface area contributed by atoms with Crippen LogP contribution in [0.1, 0.15) is 19.7 Å². The number of nitrogens with zero attached hydrogens (tertiary/aromatic N) is 3. The van der Waals surface area contributed by atoms with Gasteiger partial charge in [0.1, 0.15) is 11.6 Å². The molecule has 0 spiro atoms. The van der Waals surface area contributed by atoms with Crippen molar-refractivity contribution < 1.29 is 4.74 Å². The van der Waals surface area contributed by atoms with E-state index in [4.69, 9.17) is 4.74 Å². The van der Waals surface area contributed by atoms with E-state index in [1.807, 2.05) is 13.8 Å². The van der Waals surface area contributed by atoms with E-state index in [0.717, 1.165) is 0 Å². The zero-order chi connectivity index (χ0) is 13.3. The van der Waals surface area contributed by atoms with Crippen LogP contribution in [0, 0.1) is 6.92 Å². The van der Waals surface area contributed by atoms with Crippen LogP contribution in [0.25, 0.3) is 5.65 Å². The maximum absolute atomic E-state index is 11.5. The van der Waals surface area contributed by atoms with Crippen molar-refractivity contribution in [3.63, 3.8) is 0 Å². The monoisotopic (exact) mass is 251 g/mol. The number of aromatic amines is 1. The Morgan fingerprint density at radius 2 is 2.28 bits per heavy atom. The van der Waals surface area contributed by atoms with Gasteiger partial charge in [-0.3, -0.25) is 0 Å². The van der Waals surface area contributed by atoms with Crippen molar-refractivity contribution in [3.05, 3.63) is 22.4 Å². The maximum Gasteiger partial charge on any atom is 0.349 e. The third kappa shape index (κ3) is 2.35. The van der Waals surface area contributed by atoms with Gasteiger partial charge >= 0.3 is 5.69 Å². The van der Waals surface area contributed by atoms with Crippen LogP contribution in [0.3, 0.4) is 0 Å². The molecule has 0 unspecified atom stereocenters. The smallest absolute Gasteiger partial charge is 0.349 e. The highest BCUT2D eigenvalue weighted by molar-refractivity contribution is 5.50. The summed E-state index contributed by atoms with van der Waals surface area (Å²) in [4.78, 5) is 15.8. The van der Waals surface area contributed by atoms with Crippen LogP contribution >= 0.6 is 0 Å². The Labute approximate surface area is 104 Å². The second-order valence-electron chi connectivity index (χ2n) is 4.85. The van der Waals surface area contributed by atoms with Crippen molar-refractivity contribution in [3.8, 4) is 0 Å². The molecule has 0 aliphatic heterocycles. The molecule has 2 heterocycles. The molecule has 0 bridgehead atoms. The van der Waals surface area contributed by atoms with Gasteiger partial charge in [-0.2, -0.15) is 5.10 Å². The van der Waals surface area contributed by atoms with Crippen LogP contribution in [-0.4, -0.2) is 38.8 Å². The zero-order valence-electron chi connectivity index (χ0n) is 10.9. The van der Waals surface area contributed by atoms with Gasteiger partial charge in [0, 0.05) is 13.2 Å². The summed E-state index contributed by atoms with van der Waals surface area (Å²) in [6.07, 6.45) is 0. The van der Waals surface area contributed by atoms with Crippen LogP contribution in [0.15, 0.2) is 10.9 Å². The molecule has 98 valence electrons. The quantitative estimate of drug-likeness (QED) is 0.829. The standard InChI is InChI=1S/C11H17N5O2/c1-7-12-8(13-11(2,3)6-18-4)5-9-14-15-10(17)16(7)9/h5,13H,6H2,1-4H3,(H,15,17). The lowest BCUT2D eigenvalue weighted by molar-refractivity contribution is 0.158. The average Bonchev–Trinajstić information content (AvgIpc) is 2.59. The molecule has 0 aromatic carbocycles. The van der Waals surface area contributed by atoms with Crippen molar-refractivity contribution in [2.75, 3.05) is 19.0 Å². The first kappa shape index (κ1) is 12.6. The fourth-order valence-electron chi connectivity index (χ4n) is 1.91. The Bertz CT molecular complexity index is 613. The Hall–Kier alpha value is -1.89. The van der Waals surface area contributed by atoms with Gasteiger partial charge in [-0.25, -0.2) is 19.3 Å². The molecule has 0 fully saturated rings. The average molecular weight is 251 g/mol. The van der Waals surface area contributed by atoms with Crippen molar-refractivity contribution in [2.45, 2.75) is 26.3 Å². The maximum atomic E-state index is 11.5. The van der Waals surface area contributed by atoms with E-state index >= 15 is 0 Å². The van der Waals surface area contributed by atoms with Gasteiger partial charge in [0.2, 0.25) is 0 Å². The summed E-state index contributed by atoms with van der Waals surface area (Å²) in [6, 6.07) is 1.72. The molecule has 7 nitrogen and oxygen atoms in total. The number of fused-ring (bicyclic) bond motifs is 1. The number of H-pyrrole nitrogens is 1. The minimum Gasteiger partial charge on any atom is -0.382 e. The summed E-state index contributed by atoms with van der Waals surface area (Å²) >= 11 is 0. The van der Waals surface area contributed by atoms with E-state index in [9.17, 15) is 4.79 Å². The highest BCUT2D eigenvalue weighted by Crippen LogP contribution is 2.14. The number of hydrogen-bond acceptors (Lipinski definition) is 5. The molecule has 0 radical (unpaired) electrons. The molecule has 2 rings (SSSR count). The fourth-order valence-corrected chi connectivity index (χ4v) is 1.91. The first-order valence-corrected chi connectivity index (χ1v) is 5.65. The number of anilines is 1. The van der Waals surface area contributed by atoms with Gasteiger partial charge in [-0.05, 0) is 20.8 Å². The van der Waals surface area contributed by atoms with Crippen molar-refractivity contribution in [2.24, 2.45) is 0 Å². The van der Waals surface area contributed by atoms with Crippen LogP contribution in [-0.2, 0) is 4.74 Å². The van der Waals surface area contributed by atoms with Crippen molar-refractivity contribution in [1.29, 1.82) is 0 Å². The molecule has 0 atom stereocenters. The summed E-state index contributed by atoms with van der Waals surface area (Å²) in [5, 5.41) is 9.58. The molecule has 0 amide bonds. The summed E-state index contributed by atoms with van der Waals surface area (Å²) in [5.41, 5.74) is 0.0178. The molecule has 2 aromatic rings. The number of methoxy groups -OCH3 is 1. The molecular weight excluding hydrogens is 234 g/mol. The number of nitrogens with one attached hydrogen (secondary N) is 2. The Balaban J connectivity index is 2.38. The van der Waals surface area contributed by atoms with Crippen LogP contribution in [0.4, 0.5) is 5.82 Å².